The van der Waals surface area contributed by atoms with Crippen LogP contribution in [0.1, 0.15) is 28.0 Å². The summed E-state index contributed by atoms with van der Waals surface area (Å²) >= 11 is 0. The minimum Gasteiger partial charge on any atom is -0.396 e. The first-order valence-corrected chi connectivity index (χ1v) is 9.95. The molecule has 0 radical (unpaired) electrons. The molecule has 31 heavy (non-hydrogen) atoms. The molecule has 162 valence electrons. The lowest BCUT2D eigenvalue weighted by atomic mass is 9.73. The molecule has 9 heteroatoms. The third kappa shape index (κ3) is 3.83. The number of likely N-dealkylation sites (tertiary alicyclic amines) is 1. The van der Waals surface area contributed by atoms with Gasteiger partial charge in [-0.15, -0.1) is 0 Å². The summed E-state index contributed by atoms with van der Waals surface area (Å²) in [5.74, 6) is -0.309. The quantitative estimate of drug-likeness (QED) is 0.810. The van der Waals surface area contributed by atoms with E-state index in [0.29, 0.717) is 44.0 Å². The first-order valence-electron chi connectivity index (χ1n) is 9.95. The molecule has 2 aromatic rings. The maximum atomic E-state index is 13.4. The Hall–Kier alpha value is -3.12. The molecule has 3 heterocycles. The largest absolute Gasteiger partial charge is 0.417 e. The summed E-state index contributed by atoms with van der Waals surface area (Å²) < 4.78 is 40.1. The number of rotatable bonds is 3. The van der Waals surface area contributed by atoms with Crippen LogP contribution in [-0.2, 0) is 6.18 Å². The molecular formula is C22H21F3N4O2. The number of carbonyl (C=O) groups excluding carboxylic acids is 1. The number of anilines is 1. The number of aliphatic hydroxyl groups excluding tert-OH is 1. The molecule has 1 amide bonds. The van der Waals surface area contributed by atoms with Gasteiger partial charge in [-0.2, -0.15) is 18.4 Å². The van der Waals surface area contributed by atoms with Gasteiger partial charge in [0.15, 0.2) is 0 Å². The number of hydrogen-bond donors (Lipinski definition) is 1. The van der Waals surface area contributed by atoms with Gasteiger partial charge < -0.3 is 14.9 Å². The van der Waals surface area contributed by atoms with E-state index in [4.69, 9.17) is 5.26 Å². The zero-order valence-electron chi connectivity index (χ0n) is 16.6. The van der Waals surface area contributed by atoms with Gasteiger partial charge in [-0.1, -0.05) is 6.07 Å². The fourth-order valence-corrected chi connectivity index (χ4v) is 4.64. The van der Waals surface area contributed by atoms with E-state index in [1.54, 1.807) is 35.4 Å². The normalized spacial score (nSPS) is 23.4. The minimum atomic E-state index is -4.62. The van der Waals surface area contributed by atoms with Crippen molar-refractivity contribution in [2.24, 2.45) is 11.3 Å². The van der Waals surface area contributed by atoms with Gasteiger partial charge in [0.1, 0.15) is 5.69 Å². The van der Waals surface area contributed by atoms with Crippen molar-refractivity contribution in [2.75, 3.05) is 37.7 Å². The van der Waals surface area contributed by atoms with E-state index in [1.165, 1.54) is 12.1 Å². The summed E-state index contributed by atoms with van der Waals surface area (Å²) in [5.41, 5.74) is -1.14. The van der Waals surface area contributed by atoms with Gasteiger partial charge in [0.05, 0.1) is 23.8 Å². The predicted molar refractivity (Wildman–Crippen MR) is 106 cm³/mol. The molecule has 0 saturated carbocycles. The topological polar surface area (TPSA) is 80.5 Å². The standard InChI is InChI=1S/C22H21F3N4O2/c23-22(24,25)18-9-17(5-4-15(18)10-26)28-8-6-21(14-30)13-29(12-16(21)11-28)20(31)19-3-1-2-7-27-19/h1-5,7,9,16,30H,6,8,11-14H2. The molecule has 0 aliphatic carbocycles. The van der Waals surface area contributed by atoms with E-state index < -0.39 is 22.7 Å². The summed E-state index contributed by atoms with van der Waals surface area (Å²) in [6.45, 7) is 1.55. The van der Waals surface area contributed by atoms with Crippen LogP contribution in [0, 0.1) is 22.7 Å². The molecule has 1 aromatic carbocycles. The summed E-state index contributed by atoms with van der Waals surface area (Å²) in [5, 5.41) is 19.2. The Morgan fingerprint density at radius 1 is 1.29 bits per heavy atom. The highest BCUT2D eigenvalue weighted by Crippen LogP contribution is 2.44. The average Bonchev–Trinajstić information content (AvgIpc) is 3.17. The summed E-state index contributed by atoms with van der Waals surface area (Å²) in [6, 6.07) is 10.4. The highest BCUT2D eigenvalue weighted by Gasteiger charge is 2.50. The van der Waals surface area contributed by atoms with Crippen LogP contribution in [0.15, 0.2) is 42.6 Å². The van der Waals surface area contributed by atoms with E-state index in [-0.39, 0.29) is 18.4 Å². The number of benzene rings is 1. The summed E-state index contributed by atoms with van der Waals surface area (Å²) in [7, 11) is 0. The Morgan fingerprint density at radius 3 is 2.74 bits per heavy atom. The molecule has 2 aliphatic heterocycles. The monoisotopic (exact) mass is 430 g/mol. The SMILES string of the molecule is N#Cc1ccc(N2CCC3(CO)CN(C(=O)c4ccccn4)CC3C2)cc1C(F)(F)F. The number of halogens is 3. The number of alkyl halides is 3. The number of nitrogens with zero attached hydrogens (tertiary/aromatic N) is 4. The lowest BCUT2D eigenvalue weighted by molar-refractivity contribution is -0.137. The number of fused-ring (bicyclic) bond motifs is 1. The van der Waals surface area contributed by atoms with Crippen molar-refractivity contribution in [2.45, 2.75) is 12.6 Å². The predicted octanol–water partition coefficient (Wildman–Crippen LogP) is 2.93. The Bertz CT molecular complexity index is 1020. The molecule has 2 fully saturated rings. The van der Waals surface area contributed by atoms with Gasteiger partial charge in [0.2, 0.25) is 0 Å². The second kappa shape index (κ2) is 7.85. The van der Waals surface area contributed by atoms with Crippen molar-refractivity contribution >= 4 is 11.6 Å². The Morgan fingerprint density at radius 2 is 2.10 bits per heavy atom. The van der Waals surface area contributed by atoms with Crippen LogP contribution in [0.3, 0.4) is 0 Å². The first-order chi connectivity index (χ1) is 14.8. The van der Waals surface area contributed by atoms with Crippen LogP contribution in [0.4, 0.5) is 18.9 Å². The highest BCUT2D eigenvalue weighted by atomic mass is 19.4. The molecule has 0 spiro atoms. The van der Waals surface area contributed by atoms with E-state index in [2.05, 4.69) is 4.98 Å². The lowest BCUT2D eigenvalue weighted by Gasteiger charge is -2.43. The molecule has 1 N–H and O–H groups in total. The number of hydrogen-bond acceptors (Lipinski definition) is 5. The van der Waals surface area contributed by atoms with Crippen LogP contribution in [-0.4, -0.2) is 53.7 Å². The van der Waals surface area contributed by atoms with Crippen LogP contribution < -0.4 is 4.90 Å². The molecule has 0 bridgehead atoms. The zero-order valence-corrected chi connectivity index (χ0v) is 16.6. The smallest absolute Gasteiger partial charge is 0.396 e. The fraction of sp³-hybridized carbons (Fsp3) is 0.409. The number of pyridine rings is 1. The Kier molecular flexibility index (Phi) is 5.35. The lowest BCUT2D eigenvalue weighted by Crippen LogP contribution is -2.49. The van der Waals surface area contributed by atoms with Crippen LogP contribution in [0.2, 0.25) is 0 Å². The number of aromatic nitrogens is 1. The number of nitriles is 1. The van der Waals surface area contributed by atoms with Gasteiger partial charge in [0, 0.05) is 49.4 Å². The Labute approximate surface area is 177 Å². The third-order valence-electron chi connectivity index (χ3n) is 6.41. The molecule has 2 unspecified atom stereocenters. The third-order valence-corrected chi connectivity index (χ3v) is 6.41. The first kappa shape index (κ1) is 21.1. The van der Waals surface area contributed by atoms with E-state index in [9.17, 15) is 23.1 Å². The van der Waals surface area contributed by atoms with Crippen LogP contribution in [0.25, 0.3) is 0 Å². The minimum absolute atomic E-state index is 0.0936. The second-order valence-electron chi connectivity index (χ2n) is 8.15. The molecule has 4 rings (SSSR count). The molecule has 1 aromatic heterocycles. The maximum Gasteiger partial charge on any atom is 0.417 e. The van der Waals surface area contributed by atoms with Crippen molar-refractivity contribution in [1.82, 2.24) is 9.88 Å². The number of carbonyl (C=O) groups is 1. The van der Waals surface area contributed by atoms with E-state index >= 15 is 0 Å². The number of aliphatic hydroxyl groups is 1. The summed E-state index contributed by atoms with van der Waals surface area (Å²) in [6.07, 6.45) is -2.53. The highest BCUT2D eigenvalue weighted by molar-refractivity contribution is 5.92. The van der Waals surface area contributed by atoms with E-state index in [1.807, 2.05) is 4.90 Å². The van der Waals surface area contributed by atoms with Gasteiger partial charge in [-0.3, -0.25) is 9.78 Å². The van der Waals surface area contributed by atoms with Gasteiger partial charge >= 0.3 is 6.18 Å². The second-order valence-corrected chi connectivity index (χ2v) is 8.15. The molecule has 6 nitrogen and oxygen atoms in total. The fourth-order valence-electron chi connectivity index (χ4n) is 4.64. The Balaban J connectivity index is 1.57. The molecular weight excluding hydrogens is 409 g/mol. The van der Waals surface area contributed by atoms with Crippen molar-refractivity contribution in [3.63, 3.8) is 0 Å². The van der Waals surface area contributed by atoms with Crippen molar-refractivity contribution < 1.29 is 23.1 Å². The average molecular weight is 430 g/mol. The zero-order chi connectivity index (χ0) is 22.2. The van der Waals surface area contributed by atoms with Crippen molar-refractivity contribution in [3.05, 3.63) is 59.4 Å². The molecule has 2 atom stereocenters. The van der Waals surface area contributed by atoms with Gasteiger partial charge in [-0.25, -0.2) is 0 Å². The molecule has 2 aliphatic rings. The van der Waals surface area contributed by atoms with Gasteiger partial charge in [-0.05, 0) is 36.8 Å². The molecule has 2 saturated heterocycles. The van der Waals surface area contributed by atoms with Crippen LogP contribution in [0.5, 0.6) is 0 Å². The van der Waals surface area contributed by atoms with Gasteiger partial charge in [0.25, 0.3) is 5.91 Å². The van der Waals surface area contributed by atoms with Crippen molar-refractivity contribution in [1.29, 1.82) is 5.26 Å². The number of piperidine rings is 1. The summed E-state index contributed by atoms with van der Waals surface area (Å²) in [4.78, 5) is 20.5. The van der Waals surface area contributed by atoms with Crippen molar-refractivity contribution in [3.8, 4) is 6.07 Å². The van der Waals surface area contributed by atoms with Crippen LogP contribution >= 0.6 is 0 Å². The maximum absolute atomic E-state index is 13.4. The van der Waals surface area contributed by atoms with E-state index in [0.717, 1.165) is 6.07 Å². The number of amides is 1.